The van der Waals surface area contributed by atoms with Crippen molar-refractivity contribution in [2.24, 2.45) is 0 Å². The minimum absolute atomic E-state index is 0.169. The Morgan fingerprint density at radius 1 is 1.19 bits per heavy atom. The second kappa shape index (κ2) is 5.36. The SMILES string of the molecule is CC(C)Oc1ccc(Nc2cc3[nH]ncc3cc2N)cc1. The van der Waals surface area contributed by atoms with Crippen molar-refractivity contribution in [1.29, 1.82) is 0 Å². The summed E-state index contributed by atoms with van der Waals surface area (Å²) in [6, 6.07) is 11.7. The Hall–Kier alpha value is -2.69. The number of nitrogen functional groups attached to an aromatic ring is 1. The third-order valence-electron chi connectivity index (χ3n) is 3.12. The Morgan fingerprint density at radius 3 is 2.67 bits per heavy atom. The van der Waals surface area contributed by atoms with E-state index in [0.717, 1.165) is 28.0 Å². The second-order valence-corrected chi connectivity index (χ2v) is 5.21. The molecule has 0 aliphatic carbocycles. The van der Waals surface area contributed by atoms with Crippen LogP contribution in [0.2, 0.25) is 0 Å². The van der Waals surface area contributed by atoms with E-state index in [2.05, 4.69) is 15.5 Å². The lowest BCUT2D eigenvalue weighted by molar-refractivity contribution is 0.242. The summed E-state index contributed by atoms with van der Waals surface area (Å²) in [5.74, 6) is 0.854. The molecule has 0 amide bonds. The normalized spacial score (nSPS) is 11.0. The summed E-state index contributed by atoms with van der Waals surface area (Å²) in [5, 5.41) is 11.2. The van der Waals surface area contributed by atoms with Crippen molar-refractivity contribution in [1.82, 2.24) is 10.2 Å². The predicted octanol–water partition coefficient (Wildman–Crippen LogP) is 3.68. The molecule has 0 aliphatic rings. The summed E-state index contributed by atoms with van der Waals surface area (Å²) in [5.41, 5.74) is 9.50. The van der Waals surface area contributed by atoms with E-state index in [0.29, 0.717) is 5.69 Å². The number of ether oxygens (including phenoxy) is 1. The van der Waals surface area contributed by atoms with Gasteiger partial charge in [0.15, 0.2) is 0 Å². The van der Waals surface area contributed by atoms with Crippen LogP contribution in [-0.4, -0.2) is 16.3 Å². The molecule has 0 atom stereocenters. The number of aromatic amines is 1. The molecule has 0 bridgehead atoms. The summed E-state index contributed by atoms with van der Waals surface area (Å²) >= 11 is 0. The first-order chi connectivity index (χ1) is 10.1. The minimum atomic E-state index is 0.169. The van der Waals surface area contributed by atoms with Gasteiger partial charge in [0.25, 0.3) is 0 Å². The molecule has 3 aromatic rings. The van der Waals surface area contributed by atoms with Gasteiger partial charge in [-0.15, -0.1) is 0 Å². The first-order valence-electron chi connectivity index (χ1n) is 6.88. The molecule has 5 heteroatoms. The molecule has 1 aromatic heterocycles. The fourth-order valence-corrected chi connectivity index (χ4v) is 2.16. The van der Waals surface area contributed by atoms with E-state index in [1.165, 1.54) is 0 Å². The van der Waals surface area contributed by atoms with E-state index >= 15 is 0 Å². The summed E-state index contributed by atoms with van der Waals surface area (Å²) in [7, 11) is 0. The first kappa shape index (κ1) is 13.3. The van der Waals surface area contributed by atoms with Gasteiger partial charge in [0.05, 0.1) is 29.2 Å². The van der Waals surface area contributed by atoms with Gasteiger partial charge in [0.1, 0.15) is 5.75 Å². The number of hydrogen-bond donors (Lipinski definition) is 3. The molecule has 2 aromatic carbocycles. The van der Waals surface area contributed by atoms with Crippen LogP contribution in [0, 0.1) is 0 Å². The molecule has 108 valence electrons. The molecule has 0 saturated heterocycles. The highest BCUT2D eigenvalue weighted by molar-refractivity contribution is 5.89. The van der Waals surface area contributed by atoms with Crippen molar-refractivity contribution in [2.75, 3.05) is 11.1 Å². The molecule has 0 fully saturated rings. The maximum atomic E-state index is 6.06. The number of nitrogens with one attached hydrogen (secondary N) is 2. The van der Waals surface area contributed by atoms with Crippen LogP contribution in [0.3, 0.4) is 0 Å². The standard InChI is InChI=1S/C16H18N4O/c1-10(2)21-13-5-3-12(4-6-13)19-16-8-15-11(7-14(16)17)9-18-20-15/h3-10,19H,17H2,1-2H3,(H,18,20). The van der Waals surface area contributed by atoms with Crippen LogP contribution in [0.4, 0.5) is 17.1 Å². The number of fused-ring (bicyclic) bond motifs is 1. The number of benzene rings is 2. The molecule has 5 nitrogen and oxygen atoms in total. The van der Waals surface area contributed by atoms with E-state index in [9.17, 15) is 0 Å². The second-order valence-electron chi connectivity index (χ2n) is 5.21. The van der Waals surface area contributed by atoms with Crippen molar-refractivity contribution < 1.29 is 4.74 Å². The summed E-state index contributed by atoms with van der Waals surface area (Å²) < 4.78 is 5.62. The average Bonchev–Trinajstić information content (AvgIpc) is 2.88. The number of nitrogens with two attached hydrogens (primary N) is 1. The van der Waals surface area contributed by atoms with Crippen LogP contribution in [-0.2, 0) is 0 Å². The van der Waals surface area contributed by atoms with Crippen molar-refractivity contribution in [3.63, 3.8) is 0 Å². The molecule has 4 N–H and O–H groups in total. The van der Waals surface area contributed by atoms with Crippen molar-refractivity contribution >= 4 is 28.0 Å². The first-order valence-corrected chi connectivity index (χ1v) is 6.88. The maximum absolute atomic E-state index is 6.06. The summed E-state index contributed by atoms with van der Waals surface area (Å²) in [6.07, 6.45) is 1.93. The van der Waals surface area contributed by atoms with Gasteiger partial charge in [-0.2, -0.15) is 5.10 Å². The van der Waals surface area contributed by atoms with Gasteiger partial charge in [-0.25, -0.2) is 0 Å². The lowest BCUT2D eigenvalue weighted by Crippen LogP contribution is -2.05. The number of rotatable bonds is 4. The van der Waals surface area contributed by atoms with E-state index in [1.807, 2.05) is 50.2 Å². The molecule has 3 rings (SSSR count). The molecule has 0 spiro atoms. The Balaban J connectivity index is 1.82. The highest BCUT2D eigenvalue weighted by atomic mass is 16.5. The fraction of sp³-hybridized carbons (Fsp3) is 0.188. The molecule has 0 unspecified atom stereocenters. The highest BCUT2D eigenvalue weighted by Crippen LogP contribution is 2.28. The van der Waals surface area contributed by atoms with Gasteiger partial charge in [-0.3, -0.25) is 5.10 Å². The Labute approximate surface area is 123 Å². The van der Waals surface area contributed by atoms with Crippen LogP contribution < -0.4 is 15.8 Å². The van der Waals surface area contributed by atoms with E-state index in [-0.39, 0.29) is 6.10 Å². The van der Waals surface area contributed by atoms with Gasteiger partial charge >= 0.3 is 0 Å². The van der Waals surface area contributed by atoms with Crippen molar-refractivity contribution in [2.45, 2.75) is 20.0 Å². The van der Waals surface area contributed by atoms with Gasteiger partial charge in [-0.05, 0) is 50.2 Å². The zero-order chi connectivity index (χ0) is 14.8. The van der Waals surface area contributed by atoms with Gasteiger partial charge in [0.2, 0.25) is 0 Å². The Bertz CT molecular complexity index is 747. The molecular weight excluding hydrogens is 264 g/mol. The van der Waals surface area contributed by atoms with Crippen LogP contribution in [0.1, 0.15) is 13.8 Å². The minimum Gasteiger partial charge on any atom is -0.491 e. The van der Waals surface area contributed by atoms with Gasteiger partial charge < -0.3 is 15.8 Å². The summed E-state index contributed by atoms with van der Waals surface area (Å²) in [6.45, 7) is 4.01. The van der Waals surface area contributed by atoms with E-state index in [4.69, 9.17) is 10.5 Å². The molecule has 0 saturated carbocycles. The van der Waals surface area contributed by atoms with E-state index < -0.39 is 0 Å². The van der Waals surface area contributed by atoms with Crippen LogP contribution in [0.25, 0.3) is 10.9 Å². The quantitative estimate of drug-likeness (QED) is 0.638. The third kappa shape index (κ3) is 2.91. The number of aromatic nitrogens is 2. The Morgan fingerprint density at radius 2 is 1.95 bits per heavy atom. The molecular formula is C16H18N4O. The van der Waals surface area contributed by atoms with E-state index in [1.54, 1.807) is 6.20 Å². The lowest BCUT2D eigenvalue weighted by atomic mass is 10.2. The number of H-pyrrole nitrogens is 1. The number of nitrogens with zero attached hydrogens (tertiary/aromatic N) is 1. The van der Waals surface area contributed by atoms with Crippen LogP contribution in [0.5, 0.6) is 5.75 Å². The summed E-state index contributed by atoms with van der Waals surface area (Å²) in [4.78, 5) is 0. The zero-order valence-corrected chi connectivity index (χ0v) is 12.1. The molecule has 21 heavy (non-hydrogen) atoms. The van der Waals surface area contributed by atoms with Gasteiger partial charge in [-0.1, -0.05) is 0 Å². The van der Waals surface area contributed by atoms with Crippen LogP contribution in [0.15, 0.2) is 42.6 Å². The third-order valence-corrected chi connectivity index (χ3v) is 3.12. The largest absolute Gasteiger partial charge is 0.491 e. The zero-order valence-electron chi connectivity index (χ0n) is 12.1. The number of hydrogen-bond acceptors (Lipinski definition) is 4. The maximum Gasteiger partial charge on any atom is 0.119 e. The van der Waals surface area contributed by atoms with Crippen molar-refractivity contribution in [3.05, 3.63) is 42.6 Å². The number of anilines is 3. The molecule has 1 heterocycles. The lowest BCUT2D eigenvalue weighted by Gasteiger charge is -2.12. The monoisotopic (exact) mass is 282 g/mol. The van der Waals surface area contributed by atoms with Crippen molar-refractivity contribution in [3.8, 4) is 5.75 Å². The topological polar surface area (TPSA) is 76.0 Å². The Kier molecular flexibility index (Phi) is 3.39. The fourth-order valence-electron chi connectivity index (χ4n) is 2.16. The predicted molar refractivity (Wildman–Crippen MR) is 86.0 cm³/mol. The van der Waals surface area contributed by atoms with Gasteiger partial charge in [0, 0.05) is 11.1 Å². The van der Waals surface area contributed by atoms with Crippen LogP contribution >= 0.6 is 0 Å². The average molecular weight is 282 g/mol. The smallest absolute Gasteiger partial charge is 0.119 e. The molecule has 0 aliphatic heterocycles. The highest BCUT2D eigenvalue weighted by Gasteiger charge is 2.05. The molecule has 0 radical (unpaired) electrons.